The maximum absolute atomic E-state index is 12.8. The van der Waals surface area contributed by atoms with Crippen molar-refractivity contribution in [3.63, 3.8) is 0 Å². The highest BCUT2D eigenvalue weighted by Crippen LogP contribution is 2.20. The topological polar surface area (TPSA) is 68.5 Å². The van der Waals surface area contributed by atoms with Crippen LogP contribution >= 0.6 is 0 Å². The van der Waals surface area contributed by atoms with Crippen LogP contribution in [0.5, 0.6) is 5.75 Å². The first-order valence-electron chi connectivity index (χ1n) is 8.41. The van der Waals surface area contributed by atoms with E-state index in [1.165, 1.54) is 0 Å². The number of benzene rings is 2. The van der Waals surface area contributed by atoms with Crippen LogP contribution in [0.4, 0.5) is 0 Å². The Balaban J connectivity index is 1.78. The summed E-state index contributed by atoms with van der Waals surface area (Å²) in [6.45, 7) is 4.18. The van der Waals surface area contributed by atoms with E-state index in [0.29, 0.717) is 17.3 Å². The molecule has 0 N–H and O–H groups in total. The summed E-state index contributed by atoms with van der Waals surface area (Å²) in [4.78, 5) is 18.9. The second-order valence-electron chi connectivity index (χ2n) is 6.13. The van der Waals surface area contributed by atoms with E-state index in [-0.39, 0.29) is 18.5 Å². The second-order valence-corrected chi connectivity index (χ2v) is 6.13. The minimum absolute atomic E-state index is 0.000887. The van der Waals surface area contributed by atoms with Gasteiger partial charge in [0.15, 0.2) is 0 Å². The Morgan fingerprint density at radius 3 is 2.42 bits per heavy atom. The molecule has 6 nitrogen and oxygen atoms in total. The fourth-order valence-corrected chi connectivity index (χ4v) is 2.56. The lowest BCUT2D eigenvalue weighted by molar-refractivity contribution is 0.0667. The predicted octanol–water partition coefficient (Wildman–Crippen LogP) is 3.80. The lowest BCUT2D eigenvalue weighted by Gasteiger charge is -2.25. The van der Waals surface area contributed by atoms with E-state index in [1.807, 2.05) is 56.3 Å². The van der Waals surface area contributed by atoms with E-state index in [0.717, 1.165) is 11.3 Å². The van der Waals surface area contributed by atoms with Gasteiger partial charge in [0.2, 0.25) is 11.7 Å². The highest BCUT2D eigenvalue weighted by atomic mass is 16.5. The number of methoxy groups -OCH3 is 1. The average molecular weight is 351 g/mol. The van der Waals surface area contributed by atoms with Crippen LogP contribution in [0, 0.1) is 0 Å². The summed E-state index contributed by atoms with van der Waals surface area (Å²) in [5.41, 5.74) is 1.46. The zero-order valence-corrected chi connectivity index (χ0v) is 15.0. The summed E-state index contributed by atoms with van der Waals surface area (Å²) in [5.74, 6) is 1.58. The van der Waals surface area contributed by atoms with E-state index in [4.69, 9.17) is 9.26 Å². The van der Waals surface area contributed by atoms with E-state index < -0.39 is 0 Å². The molecule has 3 rings (SSSR count). The molecule has 0 unspecified atom stereocenters. The summed E-state index contributed by atoms with van der Waals surface area (Å²) in [6, 6.07) is 16.6. The number of hydrogen-bond donors (Lipinski definition) is 0. The fourth-order valence-electron chi connectivity index (χ4n) is 2.56. The summed E-state index contributed by atoms with van der Waals surface area (Å²) in [5, 5.41) is 4.02. The van der Waals surface area contributed by atoms with Gasteiger partial charge in [0.1, 0.15) is 12.3 Å². The van der Waals surface area contributed by atoms with Crippen LogP contribution in [0.25, 0.3) is 11.4 Å². The van der Waals surface area contributed by atoms with Crippen LogP contribution in [0.3, 0.4) is 0 Å². The fraction of sp³-hybridized carbons (Fsp3) is 0.250. The predicted molar refractivity (Wildman–Crippen MR) is 97.7 cm³/mol. The van der Waals surface area contributed by atoms with Crippen molar-refractivity contribution in [3.8, 4) is 17.1 Å². The highest BCUT2D eigenvalue weighted by Gasteiger charge is 2.22. The standard InChI is InChI=1S/C20H21N3O3/c1-14(2)23(20(24)16-7-5-4-6-8-16)13-18-21-19(22-26-18)15-9-11-17(25-3)12-10-15/h4-12,14H,13H2,1-3H3. The van der Waals surface area contributed by atoms with Crippen molar-refractivity contribution in [2.75, 3.05) is 7.11 Å². The molecular weight excluding hydrogens is 330 g/mol. The van der Waals surface area contributed by atoms with Crippen molar-refractivity contribution in [2.45, 2.75) is 26.4 Å². The number of carbonyl (C=O) groups excluding carboxylic acids is 1. The van der Waals surface area contributed by atoms with Crippen molar-refractivity contribution in [2.24, 2.45) is 0 Å². The molecule has 0 saturated carbocycles. The van der Waals surface area contributed by atoms with E-state index in [1.54, 1.807) is 24.1 Å². The molecule has 0 fully saturated rings. The molecule has 1 amide bonds. The van der Waals surface area contributed by atoms with Gasteiger partial charge in [-0.15, -0.1) is 0 Å². The highest BCUT2D eigenvalue weighted by molar-refractivity contribution is 5.94. The Hall–Kier alpha value is -3.15. The average Bonchev–Trinajstić information content (AvgIpc) is 3.15. The van der Waals surface area contributed by atoms with Gasteiger partial charge in [-0.2, -0.15) is 4.98 Å². The third-order valence-electron chi connectivity index (χ3n) is 4.03. The van der Waals surface area contributed by atoms with Gasteiger partial charge in [0.05, 0.1) is 7.11 Å². The van der Waals surface area contributed by atoms with Crippen molar-refractivity contribution in [1.82, 2.24) is 15.0 Å². The lowest BCUT2D eigenvalue weighted by Crippen LogP contribution is -2.36. The first-order chi connectivity index (χ1) is 12.6. The molecule has 1 aromatic heterocycles. The maximum atomic E-state index is 12.8. The van der Waals surface area contributed by atoms with Gasteiger partial charge >= 0.3 is 0 Å². The second kappa shape index (κ2) is 7.82. The van der Waals surface area contributed by atoms with E-state index in [2.05, 4.69) is 10.1 Å². The molecule has 3 aromatic rings. The largest absolute Gasteiger partial charge is 0.497 e. The SMILES string of the molecule is COc1ccc(-c2noc(CN(C(=O)c3ccccc3)C(C)C)n2)cc1. The molecule has 0 bridgehead atoms. The van der Waals surface area contributed by atoms with Crippen molar-refractivity contribution in [3.05, 3.63) is 66.1 Å². The summed E-state index contributed by atoms with van der Waals surface area (Å²) in [6.07, 6.45) is 0. The molecule has 2 aromatic carbocycles. The maximum Gasteiger partial charge on any atom is 0.254 e. The smallest absolute Gasteiger partial charge is 0.254 e. The van der Waals surface area contributed by atoms with Gasteiger partial charge in [-0.25, -0.2) is 0 Å². The first kappa shape index (κ1) is 17.7. The molecule has 0 atom stereocenters. The van der Waals surface area contributed by atoms with Gasteiger partial charge in [-0.1, -0.05) is 23.4 Å². The van der Waals surface area contributed by atoms with E-state index in [9.17, 15) is 4.79 Å². The van der Waals surface area contributed by atoms with Gasteiger partial charge in [-0.3, -0.25) is 4.79 Å². The zero-order chi connectivity index (χ0) is 18.5. The monoisotopic (exact) mass is 351 g/mol. The number of hydrogen-bond acceptors (Lipinski definition) is 5. The summed E-state index contributed by atoms with van der Waals surface area (Å²) >= 11 is 0. The minimum Gasteiger partial charge on any atom is -0.497 e. The molecule has 134 valence electrons. The third-order valence-corrected chi connectivity index (χ3v) is 4.03. The van der Waals surface area contributed by atoms with Crippen LogP contribution in [0.1, 0.15) is 30.1 Å². The van der Waals surface area contributed by atoms with Crippen molar-refractivity contribution < 1.29 is 14.1 Å². The number of aromatic nitrogens is 2. The van der Waals surface area contributed by atoms with Gasteiger partial charge in [-0.05, 0) is 50.2 Å². The number of carbonyl (C=O) groups is 1. The van der Waals surface area contributed by atoms with Gasteiger partial charge in [0, 0.05) is 17.2 Å². The van der Waals surface area contributed by atoms with Gasteiger partial charge < -0.3 is 14.2 Å². The van der Waals surface area contributed by atoms with E-state index >= 15 is 0 Å². The van der Waals surface area contributed by atoms with Crippen molar-refractivity contribution >= 4 is 5.91 Å². The van der Waals surface area contributed by atoms with Crippen molar-refractivity contribution in [1.29, 1.82) is 0 Å². The number of nitrogens with zero attached hydrogens (tertiary/aromatic N) is 3. The number of rotatable bonds is 6. The molecular formula is C20H21N3O3. The minimum atomic E-state index is -0.0650. The van der Waals surface area contributed by atoms with Gasteiger partial charge in [0.25, 0.3) is 5.91 Å². The van der Waals surface area contributed by atoms with Crippen LogP contribution in [-0.4, -0.2) is 34.1 Å². The summed E-state index contributed by atoms with van der Waals surface area (Å²) in [7, 11) is 1.62. The van der Waals surface area contributed by atoms with Crippen LogP contribution in [0.2, 0.25) is 0 Å². The van der Waals surface area contributed by atoms with Crippen LogP contribution in [-0.2, 0) is 6.54 Å². The van der Waals surface area contributed by atoms with Crippen LogP contribution in [0.15, 0.2) is 59.1 Å². The first-order valence-corrected chi connectivity index (χ1v) is 8.41. The molecule has 0 aliphatic heterocycles. The molecule has 0 radical (unpaired) electrons. The molecule has 0 aliphatic rings. The molecule has 6 heteroatoms. The van der Waals surface area contributed by atoms with Crippen LogP contribution < -0.4 is 4.74 Å². The normalized spacial score (nSPS) is 10.8. The third kappa shape index (κ3) is 3.91. The zero-order valence-electron chi connectivity index (χ0n) is 15.0. The Bertz CT molecular complexity index is 858. The number of ether oxygens (including phenoxy) is 1. The quantitative estimate of drug-likeness (QED) is 0.676. The number of amides is 1. The Labute approximate surface area is 152 Å². The Morgan fingerprint density at radius 1 is 1.12 bits per heavy atom. The Morgan fingerprint density at radius 2 is 1.81 bits per heavy atom. The molecule has 0 aliphatic carbocycles. The molecule has 0 spiro atoms. The molecule has 26 heavy (non-hydrogen) atoms. The molecule has 0 saturated heterocycles. The lowest BCUT2D eigenvalue weighted by atomic mass is 10.1. The Kier molecular flexibility index (Phi) is 5.31. The molecule has 1 heterocycles. The summed E-state index contributed by atoms with van der Waals surface area (Å²) < 4.78 is 10.5.